The number of aromatic nitrogens is 3. The van der Waals surface area contributed by atoms with Crippen LogP contribution in [0.4, 0.5) is 4.39 Å². The van der Waals surface area contributed by atoms with E-state index < -0.39 is 0 Å². The van der Waals surface area contributed by atoms with Gasteiger partial charge in [-0.15, -0.1) is 0 Å². The number of guanidine groups is 1. The van der Waals surface area contributed by atoms with Crippen molar-refractivity contribution in [1.82, 2.24) is 24.8 Å². The van der Waals surface area contributed by atoms with Gasteiger partial charge in [0.15, 0.2) is 5.96 Å². The maximum atomic E-state index is 13.6. The van der Waals surface area contributed by atoms with Gasteiger partial charge in [-0.25, -0.2) is 9.37 Å². The van der Waals surface area contributed by atoms with E-state index in [2.05, 4.69) is 36.7 Å². The van der Waals surface area contributed by atoms with Crippen molar-refractivity contribution in [2.24, 2.45) is 10.9 Å². The van der Waals surface area contributed by atoms with Gasteiger partial charge in [0.05, 0.1) is 12.4 Å². The Bertz CT molecular complexity index is 945. The van der Waals surface area contributed by atoms with Crippen molar-refractivity contribution in [3.63, 3.8) is 0 Å². The zero-order valence-electron chi connectivity index (χ0n) is 16.4. The van der Waals surface area contributed by atoms with E-state index in [4.69, 9.17) is 0 Å². The molecule has 2 atom stereocenters. The smallest absolute Gasteiger partial charge is 0.193 e. The molecule has 0 amide bonds. The van der Waals surface area contributed by atoms with Crippen LogP contribution in [0.5, 0.6) is 0 Å². The van der Waals surface area contributed by atoms with Gasteiger partial charge in [-0.1, -0.05) is 6.92 Å². The van der Waals surface area contributed by atoms with E-state index in [-0.39, 0.29) is 5.82 Å². The van der Waals surface area contributed by atoms with E-state index in [1.807, 2.05) is 32.0 Å². The minimum absolute atomic E-state index is 0.204. The molecular formula is C21H27FN6. The van der Waals surface area contributed by atoms with Crippen LogP contribution in [0.1, 0.15) is 24.9 Å². The monoisotopic (exact) mass is 382 g/mol. The summed E-state index contributed by atoms with van der Waals surface area (Å²) in [7, 11) is 1.83. The number of aliphatic imine (C=N–C) groups is 1. The van der Waals surface area contributed by atoms with Crippen LogP contribution in [0.25, 0.3) is 10.9 Å². The summed E-state index contributed by atoms with van der Waals surface area (Å²) in [6, 6.07) is 5.26. The quantitative estimate of drug-likeness (QED) is 0.538. The standard InChI is InChI=1S/C21H27FN6/c1-15-6-9-27(13-20(15)28-10-8-24-14-28)21(23-2)25-7-5-16-12-26-19-4-3-17(22)11-18(16)19/h3-4,8,10-12,14-15,20,26H,5-7,9,13H2,1-2H3,(H,23,25). The van der Waals surface area contributed by atoms with E-state index in [0.717, 1.165) is 54.9 Å². The first-order chi connectivity index (χ1) is 13.7. The Morgan fingerprint density at radius 3 is 3.11 bits per heavy atom. The van der Waals surface area contributed by atoms with E-state index in [9.17, 15) is 4.39 Å². The minimum atomic E-state index is -0.204. The first-order valence-electron chi connectivity index (χ1n) is 9.84. The Kier molecular flexibility index (Phi) is 5.32. The molecule has 3 heterocycles. The second kappa shape index (κ2) is 8.04. The van der Waals surface area contributed by atoms with Gasteiger partial charge < -0.3 is 19.8 Å². The van der Waals surface area contributed by atoms with Crippen molar-refractivity contribution in [3.05, 3.63) is 54.5 Å². The normalized spacial score (nSPS) is 20.7. The lowest BCUT2D eigenvalue weighted by molar-refractivity contribution is 0.189. The number of aromatic amines is 1. The van der Waals surface area contributed by atoms with Crippen LogP contribution in [0.15, 0.2) is 48.1 Å². The molecule has 3 aromatic rings. The topological polar surface area (TPSA) is 61.2 Å². The van der Waals surface area contributed by atoms with Gasteiger partial charge in [0.25, 0.3) is 0 Å². The van der Waals surface area contributed by atoms with Crippen molar-refractivity contribution < 1.29 is 4.39 Å². The number of piperidine rings is 1. The molecule has 1 aliphatic heterocycles. The van der Waals surface area contributed by atoms with Gasteiger partial charge in [0, 0.05) is 56.2 Å². The van der Waals surface area contributed by atoms with Gasteiger partial charge in [0.1, 0.15) is 5.82 Å². The summed E-state index contributed by atoms with van der Waals surface area (Å²) >= 11 is 0. The molecule has 0 aliphatic carbocycles. The summed E-state index contributed by atoms with van der Waals surface area (Å²) in [5.41, 5.74) is 2.08. The van der Waals surface area contributed by atoms with Crippen LogP contribution in [0.3, 0.4) is 0 Å². The van der Waals surface area contributed by atoms with Crippen molar-refractivity contribution in [3.8, 4) is 0 Å². The van der Waals surface area contributed by atoms with Gasteiger partial charge in [-0.05, 0) is 42.5 Å². The second-order valence-electron chi connectivity index (χ2n) is 7.52. The van der Waals surface area contributed by atoms with Gasteiger partial charge >= 0.3 is 0 Å². The lowest BCUT2D eigenvalue weighted by atomic mass is 9.93. The number of H-pyrrole nitrogens is 1. The summed E-state index contributed by atoms with van der Waals surface area (Å²) in [5.74, 6) is 1.32. The molecule has 148 valence electrons. The molecule has 2 unspecified atom stereocenters. The van der Waals surface area contributed by atoms with E-state index in [1.54, 1.807) is 12.1 Å². The largest absolute Gasteiger partial charge is 0.361 e. The molecule has 7 heteroatoms. The number of nitrogens with zero attached hydrogens (tertiary/aromatic N) is 4. The minimum Gasteiger partial charge on any atom is -0.361 e. The number of nitrogens with one attached hydrogen (secondary N) is 2. The fourth-order valence-corrected chi connectivity index (χ4v) is 4.09. The highest BCUT2D eigenvalue weighted by atomic mass is 19.1. The summed E-state index contributed by atoms with van der Waals surface area (Å²) in [6.07, 6.45) is 9.66. The molecule has 0 radical (unpaired) electrons. The van der Waals surface area contributed by atoms with Gasteiger partial charge in [-0.2, -0.15) is 0 Å². The highest BCUT2D eigenvalue weighted by Crippen LogP contribution is 2.27. The molecule has 2 aromatic heterocycles. The number of benzene rings is 1. The Balaban J connectivity index is 1.38. The number of likely N-dealkylation sites (tertiary alicyclic amines) is 1. The number of rotatable bonds is 4. The Morgan fingerprint density at radius 2 is 2.32 bits per heavy atom. The molecule has 0 bridgehead atoms. The first-order valence-corrected chi connectivity index (χ1v) is 9.84. The Labute approximate surface area is 164 Å². The maximum absolute atomic E-state index is 13.6. The van der Waals surface area contributed by atoms with Crippen LogP contribution in [-0.2, 0) is 6.42 Å². The fraction of sp³-hybridized carbons (Fsp3) is 0.429. The molecule has 28 heavy (non-hydrogen) atoms. The average Bonchev–Trinajstić information content (AvgIpc) is 3.36. The third-order valence-corrected chi connectivity index (χ3v) is 5.74. The third-order valence-electron chi connectivity index (χ3n) is 5.74. The van der Waals surface area contributed by atoms with Gasteiger partial charge in [-0.3, -0.25) is 4.99 Å². The average molecular weight is 382 g/mol. The summed E-state index contributed by atoms with van der Waals surface area (Å²) in [6.45, 7) is 4.95. The van der Waals surface area contributed by atoms with Crippen LogP contribution in [0.2, 0.25) is 0 Å². The predicted octanol–water partition coefficient (Wildman–Crippen LogP) is 3.20. The van der Waals surface area contributed by atoms with Crippen LogP contribution < -0.4 is 5.32 Å². The van der Waals surface area contributed by atoms with E-state index in [1.165, 1.54) is 6.07 Å². The fourth-order valence-electron chi connectivity index (χ4n) is 4.09. The summed E-state index contributed by atoms with van der Waals surface area (Å²) in [4.78, 5) is 14.2. The maximum Gasteiger partial charge on any atom is 0.193 e. The number of fused-ring (bicyclic) bond motifs is 1. The molecule has 1 aromatic carbocycles. The summed E-state index contributed by atoms with van der Waals surface area (Å²) < 4.78 is 15.8. The number of hydrogen-bond acceptors (Lipinski definition) is 2. The zero-order valence-corrected chi connectivity index (χ0v) is 16.4. The number of halogens is 1. The molecule has 1 aliphatic rings. The molecular weight excluding hydrogens is 355 g/mol. The first kappa shape index (κ1) is 18.5. The van der Waals surface area contributed by atoms with Crippen LogP contribution in [0, 0.1) is 11.7 Å². The number of imidazole rings is 1. The Hall–Kier alpha value is -2.83. The molecule has 1 fully saturated rings. The summed E-state index contributed by atoms with van der Waals surface area (Å²) in [5, 5.41) is 4.43. The predicted molar refractivity (Wildman–Crippen MR) is 110 cm³/mol. The van der Waals surface area contributed by atoms with Crippen molar-refractivity contribution >= 4 is 16.9 Å². The molecule has 6 nitrogen and oxygen atoms in total. The lowest BCUT2D eigenvalue weighted by Gasteiger charge is -2.39. The lowest BCUT2D eigenvalue weighted by Crippen LogP contribution is -2.49. The van der Waals surface area contributed by atoms with Crippen molar-refractivity contribution in [2.45, 2.75) is 25.8 Å². The molecule has 4 rings (SSSR count). The highest BCUT2D eigenvalue weighted by molar-refractivity contribution is 5.83. The SMILES string of the molecule is CN=C(NCCc1c[nH]c2ccc(F)cc12)N1CCC(C)C(n2ccnc2)C1. The van der Waals surface area contributed by atoms with E-state index in [0.29, 0.717) is 12.0 Å². The van der Waals surface area contributed by atoms with Crippen molar-refractivity contribution in [2.75, 3.05) is 26.7 Å². The van der Waals surface area contributed by atoms with Crippen molar-refractivity contribution in [1.29, 1.82) is 0 Å². The third kappa shape index (κ3) is 3.74. The zero-order chi connectivity index (χ0) is 19.5. The number of hydrogen-bond donors (Lipinski definition) is 2. The van der Waals surface area contributed by atoms with Gasteiger partial charge in [0.2, 0.25) is 0 Å². The molecule has 0 saturated carbocycles. The highest BCUT2D eigenvalue weighted by Gasteiger charge is 2.28. The molecule has 2 N–H and O–H groups in total. The van der Waals surface area contributed by atoms with Crippen LogP contribution in [-0.4, -0.2) is 52.1 Å². The van der Waals surface area contributed by atoms with Crippen LogP contribution >= 0.6 is 0 Å². The Morgan fingerprint density at radius 1 is 1.43 bits per heavy atom. The molecule has 0 spiro atoms. The second-order valence-corrected chi connectivity index (χ2v) is 7.52. The van der Waals surface area contributed by atoms with E-state index >= 15 is 0 Å². The molecule has 1 saturated heterocycles.